The van der Waals surface area contributed by atoms with Crippen LogP contribution in [0.3, 0.4) is 0 Å². The molecule has 1 heterocycles. The molecule has 4 atom stereocenters. The van der Waals surface area contributed by atoms with Gasteiger partial charge < -0.3 is 25.4 Å². The van der Waals surface area contributed by atoms with Gasteiger partial charge in [0.15, 0.2) is 0 Å². The van der Waals surface area contributed by atoms with Gasteiger partial charge in [-0.05, 0) is 83.0 Å². The van der Waals surface area contributed by atoms with Gasteiger partial charge >= 0.3 is 11.9 Å². The van der Waals surface area contributed by atoms with Gasteiger partial charge in [-0.3, -0.25) is 14.9 Å². The predicted molar refractivity (Wildman–Crippen MR) is 153 cm³/mol. The molecule has 220 valence electrons. The van der Waals surface area contributed by atoms with Gasteiger partial charge in [0.25, 0.3) is 0 Å². The first kappa shape index (κ1) is 32.7. The highest BCUT2D eigenvalue weighted by atomic mass is 16.5. The molecule has 0 spiro atoms. The van der Waals surface area contributed by atoms with Crippen LogP contribution >= 0.6 is 0 Å². The van der Waals surface area contributed by atoms with Crippen LogP contribution in [0.4, 0.5) is 0 Å². The zero-order valence-electron chi connectivity index (χ0n) is 24.3. The third kappa shape index (κ3) is 10.2. The maximum absolute atomic E-state index is 14.4. The van der Waals surface area contributed by atoms with Crippen molar-refractivity contribution >= 4 is 17.8 Å². The number of piperidine rings is 1. The Bertz CT molecular complexity index is 881. The quantitative estimate of drug-likeness (QED) is 0.201. The molecule has 0 saturated carbocycles. The van der Waals surface area contributed by atoms with Gasteiger partial charge in [0.2, 0.25) is 5.91 Å². The monoisotopic (exact) mass is 546 g/mol. The summed E-state index contributed by atoms with van der Waals surface area (Å²) in [5.41, 5.74) is 6.78. The molecule has 1 saturated heterocycles. The van der Waals surface area contributed by atoms with Crippen molar-refractivity contribution in [2.45, 2.75) is 96.8 Å². The maximum atomic E-state index is 14.4. The topological polar surface area (TPSA) is 125 Å². The lowest BCUT2D eigenvalue weighted by Crippen LogP contribution is -2.62. The van der Waals surface area contributed by atoms with Gasteiger partial charge in [-0.1, -0.05) is 51.1 Å². The van der Waals surface area contributed by atoms with Crippen LogP contribution in [0, 0.1) is 5.92 Å². The van der Waals surface area contributed by atoms with Crippen molar-refractivity contribution in [3.05, 3.63) is 35.9 Å². The van der Waals surface area contributed by atoms with Crippen LogP contribution in [0.1, 0.15) is 71.8 Å². The molecular formula is C30H50N4O5. The summed E-state index contributed by atoms with van der Waals surface area (Å²) in [7, 11) is 0. The highest BCUT2D eigenvalue weighted by Gasteiger charge is 2.41. The number of rotatable bonds is 17. The second-order valence-corrected chi connectivity index (χ2v) is 10.8. The number of carboxylic acids is 1. The average molecular weight is 547 g/mol. The predicted octanol–water partition coefficient (Wildman–Crippen LogP) is 3.06. The number of nitrogens with zero attached hydrogens (tertiary/aromatic N) is 2. The number of amides is 1. The summed E-state index contributed by atoms with van der Waals surface area (Å²) in [6, 6.07) is 7.31. The number of carboxylic acid groups (broad SMARTS) is 1. The number of aryl methyl sites for hydroxylation is 1. The molecule has 1 aromatic rings. The molecule has 39 heavy (non-hydrogen) atoms. The van der Waals surface area contributed by atoms with Crippen LogP contribution in [0.2, 0.25) is 0 Å². The largest absolute Gasteiger partial charge is 0.480 e. The molecule has 1 aliphatic rings. The van der Waals surface area contributed by atoms with E-state index in [1.165, 1.54) is 0 Å². The van der Waals surface area contributed by atoms with Gasteiger partial charge in [0, 0.05) is 12.6 Å². The minimum absolute atomic E-state index is 0.169. The normalized spacial score (nSPS) is 18.4. The molecule has 9 nitrogen and oxygen atoms in total. The molecule has 2 rings (SSSR count). The van der Waals surface area contributed by atoms with Crippen LogP contribution in [-0.2, 0) is 25.5 Å². The van der Waals surface area contributed by atoms with Crippen molar-refractivity contribution in [1.82, 2.24) is 15.1 Å². The molecule has 4 N–H and O–H groups in total. The van der Waals surface area contributed by atoms with Crippen LogP contribution in [0.15, 0.2) is 30.3 Å². The van der Waals surface area contributed by atoms with Crippen LogP contribution in [0.5, 0.6) is 0 Å². The number of hydrogen-bond donors (Lipinski definition) is 3. The minimum atomic E-state index is -0.998. The summed E-state index contributed by atoms with van der Waals surface area (Å²) in [6.45, 7) is 10.9. The average Bonchev–Trinajstić information content (AvgIpc) is 2.92. The number of likely N-dealkylation sites (tertiary alicyclic amines) is 1. The fourth-order valence-electron chi connectivity index (χ4n) is 5.39. The summed E-state index contributed by atoms with van der Waals surface area (Å²) in [6.07, 6.45) is 4.44. The van der Waals surface area contributed by atoms with E-state index in [9.17, 15) is 19.5 Å². The molecule has 1 aromatic carbocycles. The zero-order chi connectivity index (χ0) is 28.8. The summed E-state index contributed by atoms with van der Waals surface area (Å²) < 4.78 is 5.37. The SMILES string of the molecule is CCOC(=O)[C@H](CCc1ccccc1)N[C@H](C(=O)N(C1CCCN(CC)C1)[C@@H](CCCCN)C(=O)O)C(C)C. The number of carbonyl (C=O) groups is 3. The van der Waals surface area contributed by atoms with E-state index in [-0.39, 0.29) is 24.5 Å². The van der Waals surface area contributed by atoms with Gasteiger partial charge in [-0.25, -0.2) is 4.79 Å². The Morgan fingerprint density at radius 1 is 1.15 bits per heavy atom. The van der Waals surface area contributed by atoms with E-state index in [0.717, 1.165) is 31.5 Å². The molecule has 0 aromatic heterocycles. The Kier molecular flexibility index (Phi) is 14.5. The number of esters is 1. The molecule has 0 aliphatic carbocycles. The van der Waals surface area contributed by atoms with Crippen molar-refractivity contribution < 1.29 is 24.2 Å². The molecule has 1 fully saturated rings. The van der Waals surface area contributed by atoms with E-state index in [4.69, 9.17) is 10.5 Å². The van der Waals surface area contributed by atoms with E-state index >= 15 is 0 Å². The van der Waals surface area contributed by atoms with Crippen molar-refractivity contribution in [1.29, 1.82) is 0 Å². The lowest BCUT2D eigenvalue weighted by Gasteiger charge is -2.44. The molecular weight excluding hydrogens is 496 g/mol. The van der Waals surface area contributed by atoms with Gasteiger partial charge in [-0.15, -0.1) is 0 Å². The van der Waals surface area contributed by atoms with Crippen LogP contribution < -0.4 is 11.1 Å². The number of likely N-dealkylation sites (N-methyl/N-ethyl adjacent to an activating group) is 1. The Morgan fingerprint density at radius 2 is 1.87 bits per heavy atom. The molecule has 1 amide bonds. The highest BCUT2D eigenvalue weighted by molar-refractivity contribution is 5.88. The Balaban J connectivity index is 2.37. The second kappa shape index (κ2) is 17.3. The number of benzene rings is 1. The number of aliphatic carboxylic acids is 1. The highest BCUT2D eigenvalue weighted by Crippen LogP contribution is 2.24. The fourth-order valence-corrected chi connectivity index (χ4v) is 5.39. The number of ether oxygens (including phenoxy) is 1. The third-order valence-corrected chi connectivity index (χ3v) is 7.58. The molecule has 1 aliphatic heterocycles. The number of hydrogen-bond acceptors (Lipinski definition) is 7. The van der Waals surface area contributed by atoms with E-state index in [1.54, 1.807) is 11.8 Å². The van der Waals surface area contributed by atoms with E-state index in [1.807, 2.05) is 44.2 Å². The Hall–Kier alpha value is -2.49. The first-order chi connectivity index (χ1) is 18.7. The first-order valence-corrected chi connectivity index (χ1v) is 14.7. The smallest absolute Gasteiger partial charge is 0.326 e. The van der Waals surface area contributed by atoms with Gasteiger partial charge in [0.1, 0.15) is 12.1 Å². The maximum Gasteiger partial charge on any atom is 0.326 e. The van der Waals surface area contributed by atoms with E-state index in [0.29, 0.717) is 45.2 Å². The van der Waals surface area contributed by atoms with Crippen LogP contribution in [0.25, 0.3) is 0 Å². The first-order valence-electron chi connectivity index (χ1n) is 14.7. The van der Waals surface area contributed by atoms with Crippen LogP contribution in [-0.4, -0.2) is 89.7 Å². The zero-order valence-corrected chi connectivity index (χ0v) is 24.3. The van der Waals surface area contributed by atoms with Crippen molar-refractivity contribution in [2.24, 2.45) is 11.7 Å². The lowest BCUT2D eigenvalue weighted by molar-refractivity contribution is -0.156. The van der Waals surface area contributed by atoms with Crippen molar-refractivity contribution in [3.63, 3.8) is 0 Å². The standard InChI is InChI=1S/C30H50N4O5/c1-5-33-20-12-15-24(21-33)34(26(29(36)37)16-10-11-19-31)28(35)27(22(3)4)32-25(30(38)39-6-2)18-17-23-13-8-7-9-14-23/h7-9,13-14,22,24-27,32H,5-6,10-12,15-21,31H2,1-4H3,(H,36,37)/t24?,25-,26-,27-/m0/s1. The molecule has 0 radical (unpaired) electrons. The second-order valence-electron chi connectivity index (χ2n) is 10.8. The summed E-state index contributed by atoms with van der Waals surface area (Å²) in [4.78, 5) is 43.8. The van der Waals surface area contributed by atoms with Gasteiger partial charge in [-0.2, -0.15) is 0 Å². The van der Waals surface area contributed by atoms with Crippen molar-refractivity contribution in [2.75, 3.05) is 32.8 Å². The van der Waals surface area contributed by atoms with E-state index < -0.39 is 30.1 Å². The van der Waals surface area contributed by atoms with Crippen molar-refractivity contribution in [3.8, 4) is 0 Å². The lowest BCUT2D eigenvalue weighted by atomic mass is 9.94. The number of unbranched alkanes of at least 4 members (excludes halogenated alkanes) is 1. The van der Waals surface area contributed by atoms with E-state index in [2.05, 4.69) is 17.1 Å². The summed E-state index contributed by atoms with van der Waals surface area (Å²) in [5, 5.41) is 13.6. The number of carbonyl (C=O) groups excluding carboxylic acids is 2. The minimum Gasteiger partial charge on any atom is -0.480 e. The Morgan fingerprint density at radius 3 is 2.46 bits per heavy atom. The molecule has 1 unspecified atom stereocenters. The summed E-state index contributed by atoms with van der Waals surface area (Å²) >= 11 is 0. The third-order valence-electron chi connectivity index (χ3n) is 7.58. The molecule has 9 heteroatoms. The fraction of sp³-hybridized carbons (Fsp3) is 0.700. The molecule has 0 bridgehead atoms. The number of nitrogens with one attached hydrogen (secondary N) is 1. The van der Waals surface area contributed by atoms with Gasteiger partial charge in [0.05, 0.1) is 12.6 Å². The summed E-state index contributed by atoms with van der Waals surface area (Å²) in [5.74, 6) is -1.83. The Labute approximate surface area is 234 Å². The number of nitrogens with two attached hydrogens (primary N) is 1.